The number of amidine groups is 1. The van der Waals surface area contributed by atoms with Gasteiger partial charge in [0.2, 0.25) is 0 Å². The molecule has 0 spiro atoms. The molecule has 13 nitrogen and oxygen atoms in total. The maximum Gasteiger partial charge on any atom is 0.326 e. The highest BCUT2D eigenvalue weighted by Gasteiger charge is 2.15. The maximum absolute atomic E-state index is 12.7. The second-order valence-electron chi connectivity index (χ2n) is 9.48. The van der Waals surface area contributed by atoms with Crippen molar-refractivity contribution in [1.82, 2.24) is 19.4 Å². The van der Waals surface area contributed by atoms with Crippen LogP contribution in [0.5, 0.6) is 0 Å². The summed E-state index contributed by atoms with van der Waals surface area (Å²) in [7, 11) is 2.02. The lowest BCUT2D eigenvalue weighted by Gasteiger charge is -2.17. The largest absolute Gasteiger partial charge is 0.394 e. The summed E-state index contributed by atoms with van der Waals surface area (Å²) >= 11 is 0. The smallest absolute Gasteiger partial charge is 0.326 e. The van der Waals surface area contributed by atoms with E-state index in [2.05, 4.69) is 33.4 Å². The summed E-state index contributed by atoms with van der Waals surface area (Å²) in [5, 5.41) is 8.62. The van der Waals surface area contributed by atoms with Gasteiger partial charge in [-0.15, -0.1) is 0 Å². The highest BCUT2D eigenvalue weighted by Crippen LogP contribution is 2.10. The number of nitrogens with zero attached hydrogens (tertiary/aromatic N) is 4. The van der Waals surface area contributed by atoms with E-state index in [9.17, 15) is 4.79 Å². The zero-order valence-electron chi connectivity index (χ0n) is 25.1. The highest BCUT2D eigenvalue weighted by molar-refractivity contribution is 5.98. The molecule has 42 heavy (non-hydrogen) atoms. The van der Waals surface area contributed by atoms with E-state index in [4.69, 9.17) is 34.5 Å². The summed E-state index contributed by atoms with van der Waals surface area (Å²) < 4.78 is 28.6. The van der Waals surface area contributed by atoms with Crippen LogP contribution in [0, 0.1) is 0 Å². The monoisotopic (exact) mass is 592 g/mol. The Bertz CT molecular complexity index is 1090. The number of hydrogen-bond acceptors (Lipinski definition) is 10. The zero-order valence-corrected chi connectivity index (χ0v) is 25.1. The average molecular weight is 593 g/mol. The molecule has 13 heteroatoms. The molecule has 0 amide bonds. The third kappa shape index (κ3) is 13.8. The molecule has 0 fully saturated rings. The van der Waals surface area contributed by atoms with Gasteiger partial charge in [0.1, 0.15) is 18.3 Å². The van der Waals surface area contributed by atoms with Crippen molar-refractivity contribution in [1.29, 1.82) is 0 Å². The number of aliphatic hydroxyl groups excluding tert-OH is 1. The Hall–Kier alpha value is -2.91. The fourth-order valence-corrected chi connectivity index (χ4v) is 3.79. The lowest BCUT2D eigenvalue weighted by molar-refractivity contribution is -0.00687. The number of likely N-dealkylation sites (N-methyl/N-ethyl adjacent to an activating group) is 1. The summed E-state index contributed by atoms with van der Waals surface area (Å²) in [5.74, 6) is 0.197. The Morgan fingerprint density at radius 2 is 1.74 bits per heavy atom. The van der Waals surface area contributed by atoms with Crippen LogP contribution in [0.4, 0.5) is 0 Å². The molecule has 2 aromatic rings. The van der Waals surface area contributed by atoms with Crippen molar-refractivity contribution in [2.24, 2.45) is 10.7 Å². The van der Waals surface area contributed by atoms with Gasteiger partial charge in [-0.3, -0.25) is 14.5 Å². The number of aliphatic hydroxyl groups is 1. The number of aromatic nitrogens is 3. The minimum atomic E-state index is -0.310. The van der Waals surface area contributed by atoms with E-state index in [1.165, 1.54) is 0 Å². The molecular formula is C29H48N6O7. The van der Waals surface area contributed by atoms with Crippen LogP contribution >= 0.6 is 0 Å². The van der Waals surface area contributed by atoms with E-state index in [-0.39, 0.29) is 31.4 Å². The number of nitrogens with two attached hydrogens (primary N) is 1. The lowest BCUT2D eigenvalue weighted by atomic mass is 10.2. The summed E-state index contributed by atoms with van der Waals surface area (Å²) in [6.45, 7) is 12.3. The number of aliphatic imine (C=N–C) groups is 1. The van der Waals surface area contributed by atoms with Crippen molar-refractivity contribution in [3.63, 3.8) is 0 Å². The van der Waals surface area contributed by atoms with Crippen molar-refractivity contribution in [2.75, 3.05) is 86.4 Å². The van der Waals surface area contributed by atoms with E-state index < -0.39 is 0 Å². The first-order valence-corrected chi connectivity index (χ1v) is 14.4. The summed E-state index contributed by atoms with van der Waals surface area (Å²) in [4.78, 5) is 26.4. The average Bonchev–Trinajstić information content (AvgIpc) is 3.31. The second kappa shape index (κ2) is 21.7. The predicted octanol–water partition coefficient (Wildman–Crippen LogP) is 1.23. The van der Waals surface area contributed by atoms with Crippen LogP contribution in [0.15, 0.2) is 34.7 Å². The van der Waals surface area contributed by atoms with Gasteiger partial charge in [-0.25, -0.2) is 9.79 Å². The van der Waals surface area contributed by atoms with E-state index in [0.717, 1.165) is 30.6 Å². The molecule has 2 aromatic heterocycles. The molecule has 0 aliphatic rings. The zero-order chi connectivity index (χ0) is 30.4. The van der Waals surface area contributed by atoms with Gasteiger partial charge < -0.3 is 39.5 Å². The summed E-state index contributed by atoms with van der Waals surface area (Å²) in [6.07, 6.45) is 5.39. The van der Waals surface area contributed by atoms with Crippen LogP contribution in [-0.4, -0.2) is 117 Å². The number of hydrogen-bond donors (Lipinski definition) is 3. The van der Waals surface area contributed by atoms with Crippen LogP contribution in [0.2, 0.25) is 0 Å². The van der Waals surface area contributed by atoms with Crippen molar-refractivity contribution < 1.29 is 28.8 Å². The van der Waals surface area contributed by atoms with E-state index in [1.54, 1.807) is 10.6 Å². The molecule has 0 unspecified atom stereocenters. The molecule has 0 radical (unpaired) electrons. The third-order valence-corrected chi connectivity index (χ3v) is 6.07. The Morgan fingerprint density at radius 3 is 2.33 bits per heavy atom. The van der Waals surface area contributed by atoms with Gasteiger partial charge in [0, 0.05) is 25.9 Å². The van der Waals surface area contributed by atoms with Crippen molar-refractivity contribution in [3.05, 3.63) is 58.0 Å². The molecule has 2 heterocycles. The fraction of sp³-hybridized carbons (Fsp3) is 0.621. The maximum atomic E-state index is 12.7. The highest BCUT2D eigenvalue weighted by atomic mass is 16.6. The minimum absolute atomic E-state index is 0.0191. The topological polar surface area (TPSA) is 159 Å². The Kier molecular flexibility index (Phi) is 18.3. The normalized spacial score (nSPS) is 12.0. The molecule has 0 saturated carbocycles. The van der Waals surface area contributed by atoms with Crippen LogP contribution in [0.25, 0.3) is 6.08 Å². The number of unbranched alkanes of at least 4 members (excludes halogenated alkanes) is 1. The molecule has 0 aliphatic heterocycles. The van der Waals surface area contributed by atoms with Gasteiger partial charge in [-0.2, -0.15) is 0 Å². The molecule has 0 bridgehead atoms. The number of nitrogens with one attached hydrogen (secondary N) is 1. The van der Waals surface area contributed by atoms with Crippen molar-refractivity contribution in [3.8, 4) is 0 Å². The fourth-order valence-electron chi connectivity index (χ4n) is 3.79. The molecular weight excluding hydrogens is 544 g/mol. The Balaban J connectivity index is 1.70. The number of ether oxygens (including phenoxy) is 5. The third-order valence-electron chi connectivity index (χ3n) is 6.07. The van der Waals surface area contributed by atoms with Gasteiger partial charge in [0.05, 0.1) is 77.4 Å². The Morgan fingerprint density at radius 1 is 1.07 bits per heavy atom. The number of pyridine rings is 1. The molecule has 0 aromatic carbocycles. The summed E-state index contributed by atoms with van der Waals surface area (Å²) in [5.41, 5.74) is 8.57. The quantitative estimate of drug-likeness (QED) is 0.0870. The number of imidazole rings is 1. The lowest BCUT2D eigenvalue weighted by Crippen LogP contribution is -2.24. The van der Waals surface area contributed by atoms with Gasteiger partial charge >= 0.3 is 5.69 Å². The summed E-state index contributed by atoms with van der Waals surface area (Å²) in [6, 6.07) is 3.91. The van der Waals surface area contributed by atoms with E-state index >= 15 is 0 Å². The number of H-pyrrole nitrogens is 1. The predicted molar refractivity (Wildman–Crippen MR) is 162 cm³/mol. The minimum Gasteiger partial charge on any atom is -0.394 e. The molecule has 0 aliphatic carbocycles. The Labute approximate surface area is 248 Å². The van der Waals surface area contributed by atoms with Crippen LogP contribution in [0.3, 0.4) is 0 Å². The SMILES string of the molecule is C=Cc1c(/C(N)=N\COCCCC)[nH]c(=O)n1Cc1ccc(CN(C)CCOCCOCCOCCOCCO)cn1. The molecule has 2 rings (SSSR count). The van der Waals surface area contributed by atoms with Gasteiger partial charge in [0.15, 0.2) is 0 Å². The standard InChI is InChI=1S/C29H48N6O7/c1-4-6-11-42-23-32-28(30)27-26(5-2)35(29(37)33-27)22-25-8-7-24(20-31-25)21-34(3)9-12-38-14-16-40-18-19-41-17-15-39-13-10-36/h5,7-8,20,36H,2,4,6,9-19,21-23H2,1,3H3,(H2,30,32)(H,33,37). The second-order valence-corrected chi connectivity index (χ2v) is 9.48. The molecule has 4 N–H and O–H groups in total. The van der Waals surface area contributed by atoms with Crippen LogP contribution in [-0.2, 0) is 36.8 Å². The first kappa shape index (κ1) is 35.3. The van der Waals surface area contributed by atoms with Crippen molar-refractivity contribution >= 4 is 11.9 Å². The van der Waals surface area contributed by atoms with Crippen LogP contribution in [0.1, 0.15) is 42.4 Å². The molecule has 236 valence electrons. The van der Waals surface area contributed by atoms with Gasteiger partial charge in [0.25, 0.3) is 0 Å². The molecule has 0 saturated heterocycles. The first-order valence-electron chi connectivity index (χ1n) is 14.4. The molecule has 0 atom stereocenters. The van der Waals surface area contributed by atoms with Gasteiger partial charge in [-0.05, 0) is 31.2 Å². The van der Waals surface area contributed by atoms with E-state index in [1.807, 2.05) is 25.4 Å². The van der Waals surface area contributed by atoms with Gasteiger partial charge in [-0.1, -0.05) is 26.0 Å². The van der Waals surface area contributed by atoms with Crippen molar-refractivity contribution in [2.45, 2.75) is 32.9 Å². The first-order chi connectivity index (χ1) is 20.5. The van der Waals surface area contributed by atoms with E-state index in [0.29, 0.717) is 77.4 Å². The number of aromatic amines is 1. The number of rotatable bonds is 25. The van der Waals surface area contributed by atoms with Crippen LogP contribution < -0.4 is 11.4 Å².